The third-order valence-corrected chi connectivity index (χ3v) is 3.45. The van der Waals surface area contributed by atoms with Gasteiger partial charge in [0.2, 0.25) is 0 Å². The molecule has 0 fully saturated rings. The van der Waals surface area contributed by atoms with Crippen LogP contribution in [0.5, 0.6) is 0 Å². The van der Waals surface area contributed by atoms with Gasteiger partial charge in [0.25, 0.3) is 5.91 Å². The Bertz CT molecular complexity index is 524. The molecular weight excluding hydrogens is 258 g/mol. The molecule has 0 atom stereocenters. The molecule has 0 radical (unpaired) electrons. The Hall–Kier alpha value is -1.46. The number of carbonyl (C=O) groups is 1. The molecule has 17 heavy (non-hydrogen) atoms. The minimum absolute atomic E-state index is 0.248. The van der Waals surface area contributed by atoms with Crippen molar-refractivity contribution in [2.75, 3.05) is 0 Å². The molecule has 1 amide bonds. The minimum Gasteiger partial charge on any atom is -0.346 e. The van der Waals surface area contributed by atoms with Crippen LogP contribution in [0.3, 0.4) is 0 Å². The number of nitrogens with one attached hydrogen (secondary N) is 1. The number of aromatic nitrogens is 2. The normalized spacial score (nSPS) is 10.2. The Kier molecular flexibility index (Phi) is 3.71. The number of thiophene rings is 1. The third kappa shape index (κ3) is 3.01. The lowest BCUT2D eigenvalue weighted by Gasteiger charge is -2.03. The number of hydrogen-bond acceptors (Lipinski definition) is 4. The highest BCUT2D eigenvalue weighted by atomic mass is 35.5. The summed E-state index contributed by atoms with van der Waals surface area (Å²) in [6.45, 7) is 2.52. The van der Waals surface area contributed by atoms with Crippen molar-refractivity contribution in [3.05, 3.63) is 45.1 Å². The number of rotatable bonds is 3. The van der Waals surface area contributed by atoms with Gasteiger partial charge in [-0.3, -0.25) is 4.79 Å². The van der Waals surface area contributed by atoms with Gasteiger partial charge < -0.3 is 5.32 Å². The summed E-state index contributed by atoms with van der Waals surface area (Å²) in [5.74, 6) is -0.248. The number of hydrogen-bond donors (Lipinski definition) is 1. The topological polar surface area (TPSA) is 54.9 Å². The zero-order valence-corrected chi connectivity index (χ0v) is 10.7. The molecular formula is C11H10ClN3OS. The highest BCUT2D eigenvalue weighted by Gasteiger charge is 2.08. The van der Waals surface area contributed by atoms with E-state index >= 15 is 0 Å². The quantitative estimate of drug-likeness (QED) is 0.929. The van der Waals surface area contributed by atoms with Gasteiger partial charge >= 0.3 is 0 Å². The molecule has 0 saturated heterocycles. The predicted octanol–water partition coefficient (Wildman–Crippen LogP) is 2.43. The van der Waals surface area contributed by atoms with E-state index in [0.717, 1.165) is 4.88 Å². The lowest BCUT2D eigenvalue weighted by Crippen LogP contribution is -2.23. The van der Waals surface area contributed by atoms with Gasteiger partial charge in [-0.15, -0.1) is 11.3 Å². The van der Waals surface area contributed by atoms with Crippen LogP contribution in [0.15, 0.2) is 23.8 Å². The van der Waals surface area contributed by atoms with E-state index in [2.05, 4.69) is 15.3 Å². The second-order valence-electron chi connectivity index (χ2n) is 3.43. The fourth-order valence-electron chi connectivity index (χ4n) is 1.27. The zero-order valence-electron chi connectivity index (χ0n) is 9.11. The summed E-state index contributed by atoms with van der Waals surface area (Å²) in [5.41, 5.74) is 1.45. The number of aryl methyl sites for hydroxylation is 1. The molecule has 2 aromatic heterocycles. The molecule has 2 rings (SSSR count). The first-order valence-corrected chi connectivity index (χ1v) is 6.21. The van der Waals surface area contributed by atoms with Gasteiger partial charge in [-0.2, -0.15) is 0 Å². The van der Waals surface area contributed by atoms with Crippen LogP contribution in [0.4, 0.5) is 0 Å². The molecule has 0 aromatic carbocycles. The number of amides is 1. The minimum atomic E-state index is -0.248. The summed E-state index contributed by atoms with van der Waals surface area (Å²) in [4.78, 5) is 20.6. The van der Waals surface area contributed by atoms with Crippen LogP contribution in [-0.4, -0.2) is 15.9 Å². The smallest absolute Gasteiger partial charge is 0.271 e. The summed E-state index contributed by atoms with van der Waals surface area (Å²) in [6, 6.07) is 2.02. The largest absolute Gasteiger partial charge is 0.346 e. The van der Waals surface area contributed by atoms with Crippen molar-refractivity contribution < 1.29 is 4.79 Å². The SMILES string of the molecule is Cc1ccsc1CNC(=O)c1cnc(Cl)cn1. The maximum Gasteiger partial charge on any atom is 0.271 e. The zero-order chi connectivity index (χ0) is 12.3. The highest BCUT2D eigenvalue weighted by molar-refractivity contribution is 7.10. The van der Waals surface area contributed by atoms with E-state index in [1.807, 2.05) is 18.4 Å². The number of carbonyl (C=O) groups excluding carboxylic acids is 1. The average molecular weight is 268 g/mol. The Morgan fingerprint density at radius 2 is 2.29 bits per heavy atom. The van der Waals surface area contributed by atoms with Crippen molar-refractivity contribution in [1.29, 1.82) is 0 Å². The molecule has 88 valence electrons. The fourth-order valence-corrected chi connectivity index (χ4v) is 2.21. The Morgan fingerprint density at radius 1 is 1.47 bits per heavy atom. The maximum atomic E-state index is 11.7. The number of nitrogens with zero attached hydrogens (tertiary/aromatic N) is 2. The van der Waals surface area contributed by atoms with Crippen molar-refractivity contribution in [2.45, 2.75) is 13.5 Å². The van der Waals surface area contributed by atoms with E-state index in [0.29, 0.717) is 6.54 Å². The van der Waals surface area contributed by atoms with E-state index < -0.39 is 0 Å². The van der Waals surface area contributed by atoms with E-state index in [4.69, 9.17) is 11.6 Å². The van der Waals surface area contributed by atoms with Gasteiger partial charge in [0.05, 0.1) is 18.9 Å². The molecule has 2 heterocycles. The summed E-state index contributed by atoms with van der Waals surface area (Å²) in [6.07, 6.45) is 2.71. The van der Waals surface area contributed by atoms with Gasteiger partial charge in [0, 0.05) is 4.88 Å². The van der Waals surface area contributed by atoms with Crippen LogP contribution in [0.25, 0.3) is 0 Å². The van der Waals surface area contributed by atoms with Gasteiger partial charge in [-0.05, 0) is 23.9 Å². The molecule has 0 spiro atoms. The van der Waals surface area contributed by atoms with Crippen molar-refractivity contribution in [1.82, 2.24) is 15.3 Å². The first-order chi connectivity index (χ1) is 8.16. The first kappa shape index (κ1) is 12.0. The van der Waals surface area contributed by atoms with Crippen LogP contribution in [0.2, 0.25) is 5.15 Å². The molecule has 0 aliphatic heterocycles. The second-order valence-corrected chi connectivity index (χ2v) is 4.82. The lowest BCUT2D eigenvalue weighted by atomic mass is 10.3. The Labute approximate surface area is 108 Å². The van der Waals surface area contributed by atoms with Crippen LogP contribution in [-0.2, 0) is 6.54 Å². The van der Waals surface area contributed by atoms with Crippen molar-refractivity contribution in [3.63, 3.8) is 0 Å². The second kappa shape index (κ2) is 5.25. The first-order valence-electron chi connectivity index (χ1n) is 4.95. The van der Waals surface area contributed by atoms with Crippen molar-refractivity contribution >= 4 is 28.8 Å². The molecule has 2 aromatic rings. The van der Waals surface area contributed by atoms with Crippen LogP contribution >= 0.6 is 22.9 Å². The average Bonchev–Trinajstić information content (AvgIpc) is 2.73. The Balaban J connectivity index is 1.98. The van der Waals surface area contributed by atoms with Crippen molar-refractivity contribution in [3.8, 4) is 0 Å². The molecule has 0 aliphatic rings. The molecule has 0 bridgehead atoms. The maximum absolute atomic E-state index is 11.7. The lowest BCUT2D eigenvalue weighted by molar-refractivity contribution is 0.0946. The third-order valence-electron chi connectivity index (χ3n) is 2.23. The summed E-state index contributed by atoms with van der Waals surface area (Å²) in [7, 11) is 0. The van der Waals surface area contributed by atoms with Gasteiger partial charge in [0.1, 0.15) is 10.8 Å². The molecule has 0 aliphatic carbocycles. The molecule has 1 N–H and O–H groups in total. The van der Waals surface area contributed by atoms with Gasteiger partial charge in [0.15, 0.2) is 0 Å². The molecule has 4 nitrogen and oxygen atoms in total. The fraction of sp³-hybridized carbons (Fsp3) is 0.182. The van der Waals surface area contributed by atoms with Crippen LogP contribution < -0.4 is 5.32 Å². The summed E-state index contributed by atoms with van der Waals surface area (Å²) < 4.78 is 0. The predicted molar refractivity (Wildman–Crippen MR) is 67.3 cm³/mol. The molecule has 0 unspecified atom stereocenters. The van der Waals surface area contributed by atoms with E-state index in [-0.39, 0.29) is 16.8 Å². The van der Waals surface area contributed by atoms with Crippen molar-refractivity contribution in [2.24, 2.45) is 0 Å². The van der Waals surface area contributed by atoms with E-state index in [9.17, 15) is 4.79 Å². The monoisotopic (exact) mass is 267 g/mol. The van der Waals surface area contributed by atoms with E-state index in [1.54, 1.807) is 11.3 Å². The van der Waals surface area contributed by atoms with E-state index in [1.165, 1.54) is 18.0 Å². The molecule has 6 heteroatoms. The number of halogens is 1. The highest BCUT2D eigenvalue weighted by Crippen LogP contribution is 2.14. The summed E-state index contributed by atoms with van der Waals surface area (Å²) >= 11 is 7.21. The van der Waals surface area contributed by atoms with Gasteiger partial charge in [-0.25, -0.2) is 9.97 Å². The Morgan fingerprint density at radius 3 is 2.88 bits per heavy atom. The van der Waals surface area contributed by atoms with Crippen LogP contribution in [0.1, 0.15) is 20.9 Å². The summed E-state index contributed by atoms with van der Waals surface area (Å²) in [5, 5.41) is 5.06. The van der Waals surface area contributed by atoms with Crippen LogP contribution in [0, 0.1) is 6.92 Å². The molecule has 0 saturated carbocycles. The standard InChI is InChI=1S/C11H10ClN3OS/c1-7-2-3-17-9(7)5-15-11(16)8-4-14-10(12)6-13-8/h2-4,6H,5H2,1H3,(H,15,16). The van der Waals surface area contributed by atoms with Gasteiger partial charge in [-0.1, -0.05) is 11.6 Å².